The van der Waals surface area contributed by atoms with Crippen LogP contribution in [0.3, 0.4) is 0 Å². The molecule has 0 radical (unpaired) electrons. The number of halogens is 2. The number of carbonyl (C=O) groups is 1. The van der Waals surface area contributed by atoms with Crippen LogP contribution in [-0.4, -0.2) is 37.9 Å². The number of nitriles is 1. The standard InChI is InChI=1S/C13H12Cl2N2O3/c1-19-10(20-2)6-17-9(5-16)7-3-4-8(14)12(15)11(7)13(17)18/h3-4,9-10H,6H2,1-2H3. The molecular weight excluding hydrogens is 303 g/mol. The minimum absolute atomic E-state index is 0.132. The SMILES string of the molecule is COC(CN1C(=O)c2c(ccc(Cl)c2Cl)C1C#N)OC. The Labute approximate surface area is 126 Å². The molecule has 1 aromatic carbocycles. The molecule has 1 aliphatic rings. The van der Waals surface area contributed by atoms with Gasteiger partial charge in [0.05, 0.1) is 28.2 Å². The molecule has 1 unspecified atom stereocenters. The number of ether oxygens (including phenoxy) is 2. The Morgan fingerprint density at radius 1 is 1.40 bits per heavy atom. The van der Waals surface area contributed by atoms with Gasteiger partial charge in [-0.05, 0) is 6.07 Å². The Bertz CT molecular complexity index is 582. The summed E-state index contributed by atoms with van der Waals surface area (Å²) in [5.41, 5.74) is 0.828. The fourth-order valence-electron chi connectivity index (χ4n) is 2.17. The second-order valence-corrected chi connectivity index (χ2v) is 5.00. The number of fused-ring (bicyclic) bond motifs is 1. The number of carbonyl (C=O) groups excluding carboxylic acids is 1. The van der Waals surface area contributed by atoms with E-state index in [0.717, 1.165) is 0 Å². The predicted molar refractivity (Wildman–Crippen MR) is 73.7 cm³/mol. The lowest BCUT2D eigenvalue weighted by Crippen LogP contribution is -2.36. The van der Waals surface area contributed by atoms with Crippen LogP contribution in [-0.2, 0) is 9.47 Å². The summed E-state index contributed by atoms with van der Waals surface area (Å²) < 4.78 is 10.1. The van der Waals surface area contributed by atoms with E-state index in [1.807, 2.05) is 0 Å². The maximum atomic E-state index is 12.4. The van der Waals surface area contributed by atoms with Gasteiger partial charge in [0.25, 0.3) is 5.91 Å². The minimum Gasteiger partial charge on any atom is -0.354 e. The van der Waals surface area contributed by atoms with Crippen molar-refractivity contribution in [2.24, 2.45) is 0 Å². The number of hydrogen-bond donors (Lipinski definition) is 0. The van der Waals surface area contributed by atoms with Gasteiger partial charge in [-0.25, -0.2) is 0 Å². The van der Waals surface area contributed by atoms with Gasteiger partial charge < -0.3 is 14.4 Å². The first-order valence-electron chi connectivity index (χ1n) is 5.79. The minimum atomic E-state index is -0.722. The smallest absolute Gasteiger partial charge is 0.257 e. The number of amides is 1. The van der Waals surface area contributed by atoms with Crippen LogP contribution in [0.1, 0.15) is 22.0 Å². The molecule has 20 heavy (non-hydrogen) atoms. The van der Waals surface area contributed by atoms with Crippen LogP contribution in [0.15, 0.2) is 12.1 Å². The highest BCUT2D eigenvalue weighted by Gasteiger charge is 2.40. The van der Waals surface area contributed by atoms with Crippen molar-refractivity contribution in [3.8, 4) is 6.07 Å². The van der Waals surface area contributed by atoms with Gasteiger partial charge >= 0.3 is 0 Å². The van der Waals surface area contributed by atoms with E-state index in [4.69, 9.17) is 32.7 Å². The van der Waals surface area contributed by atoms with Crippen LogP contribution in [0.4, 0.5) is 0 Å². The fourth-order valence-corrected chi connectivity index (χ4v) is 2.58. The fraction of sp³-hybridized carbons (Fsp3) is 0.385. The summed E-state index contributed by atoms with van der Waals surface area (Å²) in [6, 6.07) is 4.59. The highest BCUT2D eigenvalue weighted by atomic mass is 35.5. The summed E-state index contributed by atoms with van der Waals surface area (Å²) in [4.78, 5) is 13.8. The van der Waals surface area contributed by atoms with Gasteiger partial charge in [-0.1, -0.05) is 29.3 Å². The average Bonchev–Trinajstić information content (AvgIpc) is 2.72. The normalized spacial score (nSPS) is 17.5. The molecule has 0 bridgehead atoms. The first-order chi connectivity index (χ1) is 9.54. The molecule has 0 spiro atoms. The van der Waals surface area contributed by atoms with Gasteiger partial charge in [-0.3, -0.25) is 4.79 Å². The molecule has 1 aliphatic heterocycles. The number of methoxy groups -OCH3 is 2. The summed E-state index contributed by atoms with van der Waals surface area (Å²) in [5, 5.41) is 9.77. The topological polar surface area (TPSA) is 62.6 Å². The second kappa shape index (κ2) is 5.98. The van der Waals surface area contributed by atoms with Crippen molar-refractivity contribution >= 4 is 29.1 Å². The summed E-state index contributed by atoms with van der Waals surface area (Å²) in [5.74, 6) is -0.349. The monoisotopic (exact) mass is 314 g/mol. The molecule has 0 saturated heterocycles. The second-order valence-electron chi connectivity index (χ2n) is 4.22. The molecule has 1 atom stereocenters. The van der Waals surface area contributed by atoms with E-state index in [1.54, 1.807) is 12.1 Å². The highest BCUT2D eigenvalue weighted by molar-refractivity contribution is 6.44. The maximum absolute atomic E-state index is 12.4. The molecule has 1 heterocycles. The van der Waals surface area contributed by atoms with Crippen molar-refractivity contribution in [2.45, 2.75) is 12.3 Å². The van der Waals surface area contributed by atoms with E-state index in [9.17, 15) is 10.1 Å². The zero-order chi connectivity index (χ0) is 14.9. The predicted octanol–water partition coefficient (Wildman–Crippen LogP) is 2.63. The molecule has 0 aromatic heterocycles. The van der Waals surface area contributed by atoms with Gasteiger partial charge in [-0.2, -0.15) is 5.26 Å². The lowest BCUT2D eigenvalue weighted by Gasteiger charge is -2.24. The zero-order valence-corrected chi connectivity index (χ0v) is 12.4. The van der Waals surface area contributed by atoms with Crippen molar-refractivity contribution in [1.82, 2.24) is 4.90 Å². The van der Waals surface area contributed by atoms with Crippen molar-refractivity contribution in [1.29, 1.82) is 5.26 Å². The molecule has 0 saturated carbocycles. The van der Waals surface area contributed by atoms with E-state index >= 15 is 0 Å². The molecule has 106 valence electrons. The summed E-state index contributed by atoms with van der Waals surface area (Å²) in [6.45, 7) is 0.132. The maximum Gasteiger partial charge on any atom is 0.257 e. The molecule has 1 amide bonds. The third-order valence-electron chi connectivity index (χ3n) is 3.20. The Balaban J connectivity index is 2.42. The molecule has 0 N–H and O–H groups in total. The average molecular weight is 315 g/mol. The Morgan fingerprint density at radius 2 is 2.05 bits per heavy atom. The molecule has 0 aliphatic carbocycles. The molecular formula is C13H12Cl2N2O3. The zero-order valence-electron chi connectivity index (χ0n) is 10.9. The number of hydrogen-bond acceptors (Lipinski definition) is 4. The molecule has 0 fully saturated rings. The summed E-state index contributed by atoms with van der Waals surface area (Å²) in [7, 11) is 2.93. The van der Waals surface area contributed by atoms with Gasteiger partial charge in [0, 0.05) is 19.8 Å². The Hall–Kier alpha value is -1.32. The quantitative estimate of drug-likeness (QED) is 0.801. The third kappa shape index (κ3) is 2.36. The largest absolute Gasteiger partial charge is 0.354 e. The van der Waals surface area contributed by atoms with Crippen molar-refractivity contribution in [3.05, 3.63) is 33.3 Å². The van der Waals surface area contributed by atoms with Crippen molar-refractivity contribution < 1.29 is 14.3 Å². The van der Waals surface area contributed by atoms with Crippen LogP contribution in [0.5, 0.6) is 0 Å². The lowest BCUT2D eigenvalue weighted by atomic mass is 10.1. The first kappa shape index (κ1) is 15.1. The molecule has 5 nitrogen and oxygen atoms in total. The third-order valence-corrected chi connectivity index (χ3v) is 4.01. The van der Waals surface area contributed by atoms with Crippen molar-refractivity contribution in [2.75, 3.05) is 20.8 Å². The van der Waals surface area contributed by atoms with Crippen LogP contribution >= 0.6 is 23.2 Å². The van der Waals surface area contributed by atoms with Gasteiger partial charge in [0.1, 0.15) is 6.04 Å². The van der Waals surface area contributed by atoms with Crippen molar-refractivity contribution in [3.63, 3.8) is 0 Å². The van der Waals surface area contributed by atoms with Crippen LogP contribution in [0.2, 0.25) is 10.0 Å². The van der Waals surface area contributed by atoms with E-state index < -0.39 is 12.3 Å². The number of rotatable bonds is 4. The van der Waals surface area contributed by atoms with E-state index in [2.05, 4.69) is 6.07 Å². The number of nitrogens with zero attached hydrogens (tertiary/aromatic N) is 2. The van der Waals surface area contributed by atoms with E-state index in [0.29, 0.717) is 5.56 Å². The molecule has 7 heteroatoms. The summed E-state index contributed by atoms with van der Waals surface area (Å²) in [6.07, 6.45) is -0.613. The van der Waals surface area contributed by atoms with Gasteiger partial charge in [0.15, 0.2) is 6.29 Å². The first-order valence-corrected chi connectivity index (χ1v) is 6.54. The summed E-state index contributed by atoms with van der Waals surface area (Å²) >= 11 is 12.0. The van der Waals surface area contributed by atoms with Gasteiger partial charge in [0.2, 0.25) is 0 Å². The van der Waals surface area contributed by atoms with Gasteiger partial charge in [-0.15, -0.1) is 0 Å². The highest BCUT2D eigenvalue weighted by Crippen LogP contribution is 2.40. The van der Waals surface area contributed by atoms with Crippen LogP contribution < -0.4 is 0 Å². The Kier molecular flexibility index (Phi) is 4.51. The molecule has 1 aromatic rings. The van der Waals surface area contributed by atoms with Crippen LogP contribution in [0.25, 0.3) is 0 Å². The lowest BCUT2D eigenvalue weighted by molar-refractivity contribution is -0.113. The van der Waals surface area contributed by atoms with E-state index in [1.165, 1.54) is 19.1 Å². The van der Waals surface area contributed by atoms with E-state index in [-0.39, 0.29) is 28.1 Å². The Morgan fingerprint density at radius 3 is 2.60 bits per heavy atom. The number of benzene rings is 1. The molecule has 2 rings (SSSR count). The van der Waals surface area contributed by atoms with Crippen LogP contribution in [0, 0.1) is 11.3 Å².